The molecule has 2 aromatic rings. The first-order valence-corrected chi connectivity index (χ1v) is 18.2. The van der Waals surface area contributed by atoms with Crippen LogP contribution in [0.15, 0.2) is 41.0 Å². The number of hydrogen-bond acceptors (Lipinski definition) is 6. The number of hydrogen-bond donors (Lipinski definition) is 0. The highest BCUT2D eigenvalue weighted by Gasteiger charge is 2.43. The van der Waals surface area contributed by atoms with Gasteiger partial charge in [0.15, 0.2) is 0 Å². The van der Waals surface area contributed by atoms with E-state index in [0.29, 0.717) is 44.0 Å². The third kappa shape index (κ3) is 7.80. The molecule has 2 aliphatic rings. The van der Waals surface area contributed by atoms with Gasteiger partial charge in [0, 0.05) is 61.9 Å². The Kier molecular flexibility index (Phi) is 10.2. The SMILES string of the molecule is C[Si](C)(C)CCOCN1C(=O)CCC(N2Cc3c(C#CCCCCOc4ccc(Br)cn4)cccc3C2=O)C1=O. The Bertz CT molecular complexity index is 1300. The van der Waals surface area contributed by atoms with Crippen molar-refractivity contribution < 1.29 is 23.9 Å². The number of ether oxygens (including phenoxy) is 2. The van der Waals surface area contributed by atoms with Crippen LogP contribution in [0.25, 0.3) is 0 Å². The van der Waals surface area contributed by atoms with Crippen LogP contribution in [0.1, 0.15) is 53.6 Å². The summed E-state index contributed by atoms with van der Waals surface area (Å²) in [6.45, 7) is 8.08. The van der Waals surface area contributed by atoms with Crippen LogP contribution < -0.4 is 4.74 Å². The molecule has 2 aliphatic heterocycles. The number of nitrogens with zero attached hydrogens (tertiary/aromatic N) is 3. The highest BCUT2D eigenvalue weighted by Crippen LogP contribution is 2.31. The van der Waals surface area contributed by atoms with Crippen LogP contribution >= 0.6 is 15.9 Å². The van der Waals surface area contributed by atoms with E-state index in [-0.39, 0.29) is 30.9 Å². The van der Waals surface area contributed by atoms with Crippen molar-refractivity contribution in [2.75, 3.05) is 19.9 Å². The van der Waals surface area contributed by atoms with E-state index < -0.39 is 14.1 Å². The first kappa shape index (κ1) is 30.0. The minimum Gasteiger partial charge on any atom is -0.478 e. The summed E-state index contributed by atoms with van der Waals surface area (Å²) in [6.07, 6.45) is 4.67. The third-order valence-corrected chi connectivity index (χ3v) is 9.12. The lowest BCUT2D eigenvalue weighted by Crippen LogP contribution is -2.55. The largest absolute Gasteiger partial charge is 0.478 e. The zero-order valence-corrected chi connectivity index (χ0v) is 26.0. The predicted octanol–water partition coefficient (Wildman–Crippen LogP) is 5.23. The van der Waals surface area contributed by atoms with Crippen molar-refractivity contribution in [3.63, 3.8) is 0 Å². The summed E-state index contributed by atoms with van der Waals surface area (Å²) >= 11 is 3.36. The van der Waals surface area contributed by atoms with Gasteiger partial charge in [-0.1, -0.05) is 37.5 Å². The highest BCUT2D eigenvalue weighted by atomic mass is 79.9. The van der Waals surface area contributed by atoms with Gasteiger partial charge in [0.1, 0.15) is 12.8 Å². The van der Waals surface area contributed by atoms with Crippen molar-refractivity contribution in [1.82, 2.24) is 14.8 Å². The Morgan fingerprint density at radius 2 is 1.93 bits per heavy atom. The van der Waals surface area contributed by atoms with Gasteiger partial charge in [-0.15, -0.1) is 0 Å². The molecular formula is C30H36BrN3O5Si. The van der Waals surface area contributed by atoms with E-state index in [4.69, 9.17) is 9.47 Å². The van der Waals surface area contributed by atoms with E-state index in [1.165, 1.54) is 4.90 Å². The molecule has 40 heavy (non-hydrogen) atoms. The maximum Gasteiger partial charge on any atom is 0.255 e. The molecule has 3 heterocycles. The molecule has 10 heteroatoms. The van der Waals surface area contributed by atoms with E-state index in [1.807, 2.05) is 24.3 Å². The number of benzene rings is 1. The Labute approximate surface area is 245 Å². The van der Waals surface area contributed by atoms with Gasteiger partial charge in [0.05, 0.1) is 6.61 Å². The van der Waals surface area contributed by atoms with Gasteiger partial charge in [-0.25, -0.2) is 4.98 Å². The molecule has 4 rings (SSSR count). The third-order valence-electron chi connectivity index (χ3n) is 6.94. The number of imide groups is 1. The van der Waals surface area contributed by atoms with Crippen molar-refractivity contribution in [2.24, 2.45) is 0 Å². The molecule has 1 saturated heterocycles. The molecule has 0 N–H and O–H groups in total. The van der Waals surface area contributed by atoms with E-state index in [2.05, 4.69) is 52.4 Å². The fourth-order valence-electron chi connectivity index (χ4n) is 4.60. The Morgan fingerprint density at radius 1 is 1.10 bits per heavy atom. The first-order valence-electron chi connectivity index (χ1n) is 13.7. The molecule has 0 radical (unpaired) electrons. The van der Waals surface area contributed by atoms with Crippen LogP contribution in [0.2, 0.25) is 25.7 Å². The second kappa shape index (κ2) is 13.6. The second-order valence-electron chi connectivity index (χ2n) is 11.2. The van der Waals surface area contributed by atoms with Crippen LogP contribution in [-0.4, -0.2) is 66.6 Å². The molecule has 1 aromatic heterocycles. The molecule has 0 saturated carbocycles. The number of piperidine rings is 1. The average Bonchev–Trinajstić information content (AvgIpc) is 3.25. The average molecular weight is 627 g/mol. The minimum atomic E-state index is -1.28. The van der Waals surface area contributed by atoms with E-state index in [0.717, 1.165) is 34.5 Å². The number of pyridine rings is 1. The van der Waals surface area contributed by atoms with E-state index >= 15 is 0 Å². The maximum atomic E-state index is 13.3. The lowest BCUT2D eigenvalue weighted by atomic mass is 10.0. The normalized spacial score (nSPS) is 17.1. The van der Waals surface area contributed by atoms with Gasteiger partial charge in [0.25, 0.3) is 11.8 Å². The molecule has 1 atom stereocenters. The van der Waals surface area contributed by atoms with Crippen molar-refractivity contribution in [2.45, 2.75) is 70.4 Å². The Hall–Kier alpha value is -3.00. The van der Waals surface area contributed by atoms with Crippen LogP contribution in [0.4, 0.5) is 0 Å². The summed E-state index contributed by atoms with van der Waals surface area (Å²) in [4.78, 5) is 46.1. The number of carbonyl (C=O) groups excluding carboxylic acids is 3. The summed E-state index contributed by atoms with van der Waals surface area (Å²) in [5.41, 5.74) is 2.21. The standard InChI is InChI=1S/C30H36BrN3O5Si/c1-40(2,3)18-17-38-21-34-28(35)15-13-26(30(34)37)33-20-25-22(10-8-11-24(25)29(33)36)9-6-4-5-7-16-39-27-14-12-23(31)19-32-27/h8,10-12,14,19,26H,4-5,7,13,15-18,20-21H2,1-3H3. The molecule has 8 nitrogen and oxygen atoms in total. The van der Waals surface area contributed by atoms with Gasteiger partial charge >= 0.3 is 0 Å². The highest BCUT2D eigenvalue weighted by molar-refractivity contribution is 9.10. The molecular weight excluding hydrogens is 590 g/mol. The molecule has 212 valence electrons. The van der Waals surface area contributed by atoms with Gasteiger partial charge in [-0.2, -0.15) is 0 Å². The Morgan fingerprint density at radius 3 is 2.67 bits per heavy atom. The van der Waals surface area contributed by atoms with Gasteiger partial charge in [-0.3, -0.25) is 19.3 Å². The molecule has 0 spiro atoms. The van der Waals surface area contributed by atoms with Crippen LogP contribution in [0.3, 0.4) is 0 Å². The summed E-state index contributed by atoms with van der Waals surface area (Å²) in [7, 11) is -1.28. The quantitative estimate of drug-likeness (QED) is 0.147. The predicted molar refractivity (Wildman–Crippen MR) is 158 cm³/mol. The summed E-state index contributed by atoms with van der Waals surface area (Å²) < 4.78 is 12.3. The maximum absolute atomic E-state index is 13.3. The summed E-state index contributed by atoms with van der Waals surface area (Å²) in [6, 6.07) is 9.51. The van der Waals surface area contributed by atoms with Crippen LogP contribution in [0.5, 0.6) is 5.88 Å². The number of rotatable bonds is 11. The topological polar surface area (TPSA) is 89.0 Å². The summed E-state index contributed by atoms with van der Waals surface area (Å²) in [5.74, 6) is 6.24. The number of carbonyl (C=O) groups is 3. The van der Waals surface area contributed by atoms with Crippen LogP contribution in [-0.2, 0) is 20.9 Å². The molecule has 1 fully saturated rings. The minimum absolute atomic E-state index is 0.0605. The van der Waals surface area contributed by atoms with Crippen molar-refractivity contribution in [1.29, 1.82) is 0 Å². The fraction of sp³-hybridized carbons (Fsp3) is 0.467. The van der Waals surface area contributed by atoms with Gasteiger partial charge in [-0.05, 0) is 65.0 Å². The lowest BCUT2D eigenvalue weighted by molar-refractivity contribution is -0.158. The number of amides is 3. The molecule has 1 unspecified atom stereocenters. The number of halogens is 1. The monoisotopic (exact) mass is 625 g/mol. The van der Waals surface area contributed by atoms with Crippen molar-refractivity contribution in [3.8, 4) is 17.7 Å². The molecule has 3 amide bonds. The summed E-state index contributed by atoms with van der Waals surface area (Å²) in [5, 5.41) is 0. The van der Waals surface area contributed by atoms with Crippen LogP contribution in [0, 0.1) is 11.8 Å². The van der Waals surface area contributed by atoms with E-state index in [9.17, 15) is 14.4 Å². The van der Waals surface area contributed by atoms with Crippen molar-refractivity contribution >= 4 is 41.7 Å². The Balaban J connectivity index is 1.31. The first-order chi connectivity index (χ1) is 19.1. The van der Waals surface area contributed by atoms with E-state index in [1.54, 1.807) is 17.2 Å². The smallest absolute Gasteiger partial charge is 0.255 e. The van der Waals surface area contributed by atoms with Gasteiger partial charge < -0.3 is 14.4 Å². The number of likely N-dealkylation sites (tertiary alicyclic amines) is 1. The number of unbranched alkanes of at least 4 members (excludes halogenated alkanes) is 2. The molecule has 0 aliphatic carbocycles. The lowest BCUT2D eigenvalue weighted by Gasteiger charge is -2.35. The second-order valence-corrected chi connectivity index (χ2v) is 17.8. The number of aromatic nitrogens is 1. The zero-order chi connectivity index (χ0) is 28.7. The zero-order valence-electron chi connectivity index (χ0n) is 23.4. The van der Waals surface area contributed by atoms with Crippen molar-refractivity contribution in [3.05, 3.63) is 57.7 Å². The fourth-order valence-corrected chi connectivity index (χ4v) is 5.59. The molecule has 0 bridgehead atoms. The number of fused-ring (bicyclic) bond motifs is 1. The van der Waals surface area contributed by atoms with Gasteiger partial charge in [0.2, 0.25) is 11.8 Å². The molecule has 1 aromatic carbocycles.